The van der Waals surface area contributed by atoms with Gasteiger partial charge < -0.3 is 4.90 Å². The Bertz CT molecular complexity index is 706. The molecule has 1 aromatic carbocycles. The molecule has 1 saturated heterocycles. The van der Waals surface area contributed by atoms with Crippen molar-refractivity contribution in [1.29, 1.82) is 5.41 Å². The van der Waals surface area contributed by atoms with Gasteiger partial charge in [-0.3, -0.25) is 10.2 Å². The highest BCUT2D eigenvalue weighted by molar-refractivity contribution is 8.93. The molecule has 1 aromatic heterocycles. The van der Waals surface area contributed by atoms with Crippen LogP contribution in [0.1, 0.15) is 23.2 Å². The average molecular weight is 404 g/mol. The van der Waals surface area contributed by atoms with E-state index >= 15 is 0 Å². The van der Waals surface area contributed by atoms with Gasteiger partial charge >= 0.3 is 0 Å². The van der Waals surface area contributed by atoms with Crippen molar-refractivity contribution in [1.82, 2.24) is 9.78 Å². The van der Waals surface area contributed by atoms with E-state index in [1.165, 1.54) is 16.0 Å². The minimum absolute atomic E-state index is 0. The van der Waals surface area contributed by atoms with E-state index in [2.05, 4.69) is 10.00 Å². The largest absolute Gasteiger partial charge is 0.347 e. The maximum Gasteiger partial charge on any atom is 0.207 e. The highest BCUT2D eigenvalue weighted by Crippen LogP contribution is 2.19. The van der Waals surface area contributed by atoms with Crippen LogP contribution in [0.4, 0.5) is 5.13 Å². The van der Waals surface area contributed by atoms with E-state index in [1.54, 1.807) is 24.3 Å². The quantitative estimate of drug-likeness (QED) is 0.798. The van der Waals surface area contributed by atoms with Crippen LogP contribution in [-0.2, 0) is 6.54 Å². The minimum Gasteiger partial charge on any atom is -0.347 e. The van der Waals surface area contributed by atoms with E-state index in [0.29, 0.717) is 15.4 Å². The third-order valence-corrected chi connectivity index (χ3v) is 4.64. The molecule has 1 fully saturated rings. The van der Waals surface area contributed by atoms with Gasteiger partial charge in [0.1, 0.15) is 6.54 Å². The lowest BCUT2D eigenvalue weighted by atomic mass is 10.1. The first-order valence-electron chi connectivity index (χ1n) is 6.80. The van der Waals surface area contributed by atoms with Gasteiger partial charge in [0.15, 0.2) is 5.78 Å². The molecule has 0 radical (unpaired) electrons. The van der Waals surface area contributed by atoms with Crippen molar-refractivity contribution in [2.75, 3.05) is 18.0 Å². The van der Waals surface area contributed by atoms with E-state index in [1.807, 2.05) is 0 Å². The second-order valence-electron chi connectivity index (χ2n) is 4.97. The van der Waals surface area contributed by atoms with Crippen LogP contribution in [0.2, 0.25) is 5.02 Å². The van der Waals surface area contributed by atoms with Gasteiger partial charge in [-0.2, -0.15) is 0 Å². The summed E-state index contributed by atoms with van der Waals surface area (Å²) < 4.78 is 1.47. The summed E-state index contributed by atoms with van der Waals surface area (Å²) in [5.74, 6) is -0.0663. The summed E-state index contributed by atoms with van der Waals surface area (Å²) in [5, 5.41) is 13.8. The molecule has 22 heavy (non-hydrogen) atoms. The number of rotatable bonds is 4. The molecule has 1 aliphatic rings. The molecule has 0 bridgehead atoms. The Morgan fingerprint density at radius 1 is 1.27 bits per heavy atom. The fraction of sp³-hybridized carbons (Fsp3) is 0.357. The zero-order valence-corrected chi connectivity index (χ0v) is 15.1. The number of hydrogen-bond acceptors (Lipinski definition) is 5. The second kappa shape index (κ2) is 7.39. The Morgan fingerprint density at radius 2 is 1.91 bits per heavy atom. The van der Waals surface area contributed by atoms with Gasteiger partial charge in [0.25, 0.3) is 0 Å². The van der Waals surface area contributed by atoms with Crippen molar-refractivity contribution in [2.24, 2.45) is 0 Å². The second-order valence-corrected chi connectivity index (χ2v) is 6.36. The van der Waals surface area contributed by atoms with Crippen molar-refractivity contribution >= 4 is 50.8 Å². The van der Waals surface area contributed by atoms with Crippen LogP contribution in [0.15, 0.2) is 24.3 Å². The summed E-state index contributed by atoms with van der Waals surface area (Å²) >= 11 is 7.14. The van der Waals surface area contributed by atoms with Crippen LogP contribution >= 0.6 is 39.9 Å². The summed E-state index contributed by atoms with van der Waals surface area (Å²) in [4.78, 5) is 14.7. The Morgan fingerprint density at radius 3 is 2.55 bits per heavy atom. The van der Waals surface area contributed by atoms with Crippen molar-refractivity contribution in [2.45, 2.75) is 19.4 Å². The SMILES string of the molecule is Br.N=c1sc(N2CCCC2)nn1CC(=O)c1ccc(Cl)cc1. The van der Waals surface area contributed by atoms with Crippen LogP contribution in [0.25, 0.3) is 0 Å². The standard InChI is InChI=1S/C14H15ClN4OS.BrH/c15-11-5-3-10(4-6-11)12(20)9-19-13(16)21-14(17-19)18-7-1-2-8-18;/h3-6,16H,1-2,7-9H2;1H. The Kier molecular flexibility index (Phi) is 5.77. The molecular formula is C14H16BrClN4OS. The number of aromatic nitrogens is 2. The number of benzene rings is 1. The first-order valence-corrected chi connectivity index (χ1v) is 7.99. The Hall–Kier alpha value is -1.18. The van der Waals surface area contributed by atoms with Crippen molar-refractivity contribution in [3.63, 3.8) is 0 Å². The summed E-state index contributed by atoms with van der Waals surface area (Å²) in [7, 11) is 0. The molecular weight excluding hydrogens is 388 g/mol. The van der Waals surface area contributed by atoms with E-state index in [0.717, 1.165) is 31.1 Å². The number of nitrogens with one attached hydrogen (secondary N) is 1. The van der Waals surface area contributed by atoms with Crippen LogP contribution in [0, 0.1) is 5.41 Å². The van der Waals surface area contributed by atoms with Gasteiger partial charge in [0.2, 0.25) is 9.93 Å². The predicted molar refractivity (Wildman–Crippen MR) is 93.5 cm³/mol. The molecule has 0 amide bonds. The topological polar surface area (TPSA) is 62.0 Å². The van der Waals surface area contributed by atoms with Crippen LogP contribution in [0.3, 0.4) is 0 Å². The molecule has 5 nitrogen and oxygen atoms in total. The first-order chi connectivity index (χ1) is 10.1. The summed E-state index contributed by atoms with van der Waals surface area (Å²) in [6, 6.07) is 6.78. The molecule has 0 unspecified atom stereocenters. The zero-order valence-electron chi connectivity index (χ0n) is 11.8. The number of halogens is 2. The molecule has 0 aliphatic carbocycles. The number of anilines is 1. The Labute approximate surface area is 147 Å². The molecule has 0 spiro atoms. The molecule has 0 saturated carbocycles. The van der Waals surface area contributed by atoms with E-state index < -0.39 is 0 Å². The lowest BCUT2D eigenvalue weighted by Crippen LogP contribution is -2.22. The number of carbonyl (C=O) groups excluding carboxylic acids is 1. The third kappa shape index (κ3) is 3.77. The molecule has 3 rings (SSSR count). The maximum absolute atomic E-state index is 12.2. The monoisotopic (exact) mass is 402 g/mol. The summed E-state index contributed by atoms with van der Waals surface area (Å²) in [5.41, 5.74) is 0.585. The molecule has 1 N–H and O–H groups in total. The number of carbonyl (C=O) groups is 1. The lowest BCUT2D eigenvalue weighted by molar-refractivity contribution is 0.0966. The lowest BCUT2D eigenvalue weighted by Gasteiger charge is -2.11. The fourth-order valence-corrected chi connectivity index (χ4v) is 3.28. The summed E-state index contributed by atoms with van der Waals surface area (Å²) in [6.07, 6.45) is 2.33. The predicted octanol–water partition coefficient (Wildman–Crippen LogP) is 3.14. The smallest absolute Gasteiger partial charge is 0.207 e. The first kappa shape index (κ1) is 17.2. The molecule has 0 atom stereocenters. The number of hydrogen-bond donors (Lipinski definition) is 1. The van der Waals surface area contributed by atoms with Gasteiger partial charge in [-0.05, 0) is 37.1 Å². The zero-order chi connectivity index (χ0) is 14.8. The molecule has 2 aromatic rings. The fourth-order valence-electron chi connectivity index (χ4n) is 2.31. The van der Waals surface area contributed by atoms with Crippen molar-refractivity contribution in [3.8, 4) is 0 Å². The van der Waals surface area contributed by atoms with Crippen LogP contribution < -0.4 is 9.70 Å². The number of Topliss-reactive ketones (excluding diaryl/α,β-unsaturated/α-hetero) is 1. The molecule has 1 aliphatic heterocycles. The molecule has 2 heterocycles. The van der Waals surface area contributed by atoms with E-state index in [-0.39, 0.29) is 29.3 Å². The third-order valence-electron chi connectivity index (χ3n) is 3.46. The van der Waals surface area contributed by atoms with Crippen molar-refractivity contribution < 1.29 is 4.79 Å². The van der Waals surface area contributed by atoms with Crippen LogP contribution in [0.5, 0.6) is 0 Å². The van der Waals surface area contributed by atoms with Gasteiger partial charge in [-0.25, -0.2) is 4.68 Å². The molecule has 118 valence electrons. The normalized spacial score (nSPS) is 14.0. The van der Waals surface area contributed by atoms with Gasteiger partial charge in [0.05, 0.1) is 0 Å². The number of nitrogens with zero attached hydrogens (tertiary/aromatic N) is 3. The number of ketones is 1. The Balaban J connectivity index is 0.00000176. The van der Waals surface area contributed by atoms with E-state index in [4.69, 9.17) is 17.0 Å². The average Bonchev–Trinajstić information content (AvgIpc) is 3.10. The minimum atomic E-state index is -0.0663. The summed E-state index contributed by atoms with van der Waals surface area (Å²) in [6.45, 7) is 2.06. The highest BCUT2D eigenvalue weighted by atomic mass is 79.9. The van der Waals surface area contributed by atoms with E-state index in [9.17, 15) is 4.79 Å². The highest BCUT2D eigenvalue weighted by Gasteiger charge is 2.17. The van der Waals surface area contributed by atoms with Crippen molar-refractivity contribution in [3.05, 3.63) is 39.7 Å². The maximum atomic E-state index is 12.2. The van der Waals surface area contributed by atoms with Gasteiger partial charge in [-0.15, -0.1) is 22.1 Å². The van der Waals surface area contributed by atoms with Crippen LogP contribution in [-0.4, -0.2) is 28.7 Å². The van der Waals surface area contributed by atoms with Gasteiger partial charge in [-0.1, -0.05) is 22.9 Å². The van der Waals surface area contributed by atoms with Gasteiger partial charge in [0, 0.05) is 23.7 Å². The molecule has 8 heteroatoms.